The Morgan fingerprint density at radius 3 is 3.10 bits per heavy atom. The number of hydrogen-bond donors (Lipinski definition) is 0. The monoisotopic (exact) mass is 134 g/mol. The molecule has 3 nitrogen and oxygen atoms in total. The van der Waals surface area contributed by atoms with Gasteiger partial charge in [-0.3, -0.25) is 0 Å². The molecule has 2 aromatic rings. The lowest BCUT2D eigenvalue weighted by molar-refractivity contribution is 0.564. The van der Waals surface area contributed by atoms with Crippen molar-refractivity contribution in [2.24, 2.45) is 0 Å². The fourth-order valence-electron chi connectivity index (χ4n) is 0.809. The van der Waals surface area contributed by atoms with E-state index < -0.39 is 0 Å². The van der Waals surface area contributed by atoms with Crippen molar-refractivity contribution in [1.29, 1.82) is 0 Å². The summed E-state index contributed by atoms with van der Waals surface area (Å²) in [5, 5.41) is 4.02. The second kappa shape index (κ2) is 2.02. The highest BCUT2D eigenvalue weighted by Gasteiger charge is 1.93. The second-order valence-electron chi connectivity index (χ2n) is 1.93. The predicted octanol–water partition coefficient (Wildman–Crippen LogP) is 1.47. The molecule has 0 radical (unpaired) electrons. The van der Waals surface area contributed by atoms with Crippen LogP contribution in [0.5, 0.6) is 0 Å². The summed E-state index contributed by atoms with van der Waals surface area (Å²) in [5.74, 6) is 0. The number of furan rings is 1. The molecule has 50 valence electrons. The second-order valence-corrected chi connectivity index (χ2v) is 1.93. The first-order chi connectivity index (χ1) is 4.97. The third-order valence-corrected chi connectivity index (χ3v) is 1.28. The molecular weight excluding hydrogens is 128 g/mol. The van der Waals surface area contributed by atoms with E-state index >= 15 is 0 Å². The number of aromatic nitrogens is 2. The van der Waals surface area contributed by atoms with E-state index in [2.05, 4.69) is 5.10 Å². The van der Waals surface area contributed by atoms with Crippen molar-refractivity contribution in [3.05, 3.63) is 37.1 Å². The Labute approximate surface area is 57.9 Å². The molecule has 0 aliphatic rings. The molecule has 2 rings (SSSR count). The normalized spacial score (nSPS) is 10.0. The van der Waals surface area contributed by atoms with Crippen LogP contribution in [-0.4, -0.2) is 9.78 Å². The van der Waals surface area contributed by atoms with E-state index in [1.165, 1.54) is 0 Å². The van der Waals surface area contributed by atoms with Crippen molar-refractivity contribution >= 4 is 0 Å². The van der Waals surface area contributed by atoms with Gasteiger partial charge in [0.1, 0.15) is 12.0 Å². The molecule has 0 atom stereocenters. The van der Waals surface area contributed by atoms with E-state index in [1.807, 2.05) is 18.3 Å². The van der Waals surface area contributed by atoms with Crippen molar-refractivity contribution in [1.82, 2.24) is 9.78 Å². The van der Waals surface area contributed by atoms with Crippen LogP contribution in [0.1, 0.15) is 0 Å². The summed E-state index contributed by atoms with van der Waals surface area (Å²) in [6, 6.07) is 3.72. The average Bonchev–Trinajstić information content (AvgIpc) is 2.59. The number of rotatable bonds is 1. The Morgan fingerprint density at radius 1 is 1.50 bits per heavy atom. The van der Waals surface area contributed by atoms with Gasteiger partial charge in [0.2, 0.25) is 0 Å². The summed E-state index contributed by atoms with van der Waals surface area (Å²) >= 11 is 0. The van der Waals surface area contributed by atoms with Gasteiger partial charge in [0.25, 0.3) is 0 Å². The molecule has 0 N–H and O–H groups in total. The van der Waals surface area contributed by atoms with E-state index in [0.29, 0.717) is 0 Å². The molecule has 0 aliphatic carbocycles. The fraction of sp³-hybridized carbons (Fsp3) is 0. The minimum atomic E-state index is 0.949. The molecule has 10 heavy (non-hydrogen) atoms. The van der Waals surface area contributed by atoms with E-state index in [9.17, 15) is 0 Å². The van der Waals surface area contributed by atoms with Crippen LogP contribution in [0, 0.1) is 0 Å². The zero-order valence-corrected chi connectivity index (χ0v) is 5.27. The Kier molecular flexibility index (Phi) is 1.07. The van der Waals surface area contributed by atoms with Gasteiger partial charge in [-0.2, -0.15) is 5.10 Å². The van der Waals surface area contributed by atoms with Crippen LogP contribution in [0.2, 0.25) is 0 Å². The molecular formula is C7H6N2O. The number of hydrogen-bond acceptors (Lipinski definition) is 2. The first-order valence-corrected chi connectivity index (χ1v) is 2.99. The molecule has 0 saturated carbocycles. The first kappa shape index (κ1) is 5.29. The fourth-order valence-corrected chi connectivity index (χ4v) is 0.809. The molecule has 0 unspecified atom stereocenters. The zero-order chi connectivity index (χ0) is 6.81. The van der Waals surface area contributed by atoms with Crippen LogP contribution in [0.25, 0.3) is 5.69 Å². The van der Waals surface area contributed by atoms with Crippen molar-refractivity contribution in [2.75, 3.05) is 0 Å². The summed E-state index contributed by atoms with van der Waals surface area (Å²) < 4.78 is 6.62. The summed E-state index contributed by atoms with van der Waals surface area (Å²) in [4.78, 5) is 0. The van der Waals surface area contributed by atoms with Crippen LogP contribution in [-0.2, 0) is 0 Å². The lowest BCUT2D eigenvalue weighted by atomic mass is 10.5. The van der Waals surface area contributed by atoms with Crippen molar-refractivity contribution in [3.8, 4) is 5.69 Å². The van der Waals surface area contributed by atoms with Crippen molar-refractivity contribution in [3.63, 3.8) is 0 Å². The highest BCUT2D eigenvalue weighted by Crippen LogP contribution is 2.04. The van der Waals surface area contributed by atoms with Gasteiger partial charge in [-0.25, -0.2) is 4.68 Å². The summed E-state index contributed by atoms with van der Waals surface area (Å²) in [6.07, 6.45) is 6.86. The van der Waals surface area contributed by atoms with Gasteiger partial charge in [-0.05, 0) is 6.07 Å². The standard InChI is InChI=1S/C7H6N2O/c1-3-8-9(4-1)7-2-5-10-6-7/h1-6H. The Morgan fingerprint density at radius 2 is 2.50 bits per heavy atom. The number of nitrogens with zero attached hydrogens (tertiary/aromatic N) is 2. The van der Waals surface area contributed by atoms with Crippen LogP contribution < -0.4 is 0 Å². The quantitative estimate of drug-likeness (QED) is 0.591. The van der Waals surface area contributed by atoms with E-state index in [1.54, 1.807) is 23.4 Å². The Hall–Kier alpha value is -1.51. The van der Waals surface area contributed by atoms with Gasteiger partial charge in [0.05, 0.1) is 6.26 Å². The van der Waals surface area contributed by atoms with Crippen LogP contribution >= 0.6 is 0 Å². The summed E-state index contributed by atoms with van der Waals surface area (Å²) in [6.45, 7) is 0. The van der Waals surface area contributed by atoms with Crippen molar-refractivity contribution < 1.29 is 4.42 Å². The highest BCUT2D eigenvalue weighted by atomic mass is 16.3. The third kappa shape index (κ3) is 0.719. The maximum absolute atomic E-state index is 4.88. The van der Waals surface area contributed by atoms with E-state index in [4.69, 9.17) is 4.42 Å². The predicted molar refractivity (Wildman–Crippen MR) is 35.8 cm³/mol. The molecule has 0 saturated heterocycles. The zero-order valence-electron chi connectivity index (χ0n) is 5.27. The van der Waals surface area contributed by atoms with Gasteiger partial charge in [0.15, 0.2) is 0 Å². The topological polar surface area (TPSA) is 31.0 Å². The van der Waals surface area contributed by atoms with Crippen LogP contribution in [0.3, 0.4) is 0 Å². The molecule has 0 aliphatic heterocycles. The molecule has 2 aromatic heterocycles. The smallest absolute Gasteiger partial charge is 0.116 e. The van der Waals surface area contributed by atoms with Crippen molar-refractivity contribution in [2.45, 2.75) is 0 Å². The van der Waals surface area contributed by atoms with Gasteiger partial charge in [0, 0.05) is 18.5 Å². The molecule has 0 fully saturated rings. The average molecular weight is 134 g/mol. The molecule has 3 heteroatoms. The van der Waals surface area contributed by atoms with Gasteiger partial charge in [-0.15, -0.1) is 0 Å². The Bertz CT molecular complexity index is 251. The van der Waals surface area contributed by atoms with Gasteiger partial charge >= 0.3 is 0 Å². The molecule has 0 amide bonds. The highest BCUT2D eigenvalue weighted by molar-refractivity contribution is 5.23. The minimum Gasteiger partial charge on any atom is -0.470 e. The van der Waals surface area contributed by atoms with E-state index in [0.717, 1.165) is 5.69 Å². The molecule has 0 bridgehead atoms. The van der Waals surface area contributed by atoms with Crippen LogP contribution in [0.15, 0.2) is 41.5 Å². The minimum absolute atomic E-state index is 0.949. The third-order valence-electron chi connectivity index (χ3n) is 1.28. The lowest BCUT2D eigenvalue weighted by Crippen LogP contribution is -1.89. The van der Waals surface area contributed by atoms with Gasteiger partial charge in [-0.1, -0.05) is 0 Å². The van der Waals surface area contributed by atoms with Gasteiger partial charge < -0.3 is 4.42 Å². The maximum Gasteiger partial charge on any atom is 0.116 e. The SMILES string of the molecule is c1cnn(-c2ccoc2)c1. The molecule has 2 heterocycles. The molecule has 0 spiro atoms. The van der Waals surface area contributed by atoms with E-state index in [-0.39, 0.29) is 0 Å². The largest absolute Gasteiger partial charge is 0.470 e. The lowest BCUT2D eigenvalue weighted by Gasteiger charge is -1.90. The summed E-state index contributed by atoms with van der Waals surface area (Å²) in [7, 11) is 0. The molecule has 0 aromatic carbocycles. The Balaban J connectivity index is 2.48. The van der Waals surface area contributed by atoms with Crippen LogP contribution in [0.4, 0.5) is 0 Å². The first-order valence-electron chi connectivity index (χ1n) is 2.99. The summed E-state index contributed by atoms with van der Waals surface area (Å²) in [5.41, 5.74) is 0.949. The maximum atomic E-state index is 4.88.